The fourth-order valence-electron chi connectivity index (χ4n) is 1.35. The molecule has 0 atom stereocenters. The van der Waals surface area contributed by atoms with E-state index >= 15 is 0 Å². The first-order chi connectivity index (χ1) is 9.74. The van der Waals surface area contributed by atoms with Crippen molar-refractivity contribution in [1.29, 1.82) is 0 Å². The Morgan fingerprint density at radius 2 is 2.05 bits per heavy atom. The zero-order valence-corrected chi connectivity index (χ0v) is 13.0. The second kappa shape index (κ2) is 8.08. The Bertz CT molecular complexity index is 529. The summed E-state index contributed by atoms with van der Waals surface area (Å²) in [5, 5.41) is 3.07. The summed E-state index contributed by atoms with van der Waals surface area (Å²) in [7, 11) is -3.70. The summed E-state index contributed by atoms with van der Waals surface area (Å²) in [4.78, 5) is 0.866. The Kier molecular flexibility index (Phi) is 7.07. The summed E-state index contributed by atoms with van der Waals surface area (Å²) >= 11 is 1.11. The molecule has 0 unspecified atom stereocenters. The van der Waals surface area contributed by atoms with Gasteiger partial charge in [0.1, 0.15) is 10.8 Å². The quantitative estimate of drug-likeness (QED) is 0.668. The number of ether oxygens (including phenoxy) is 1. The van der Waals surface area contributed by atoms with Gasteiger partial charge in [-0.05, 0) is 18.7 Å². The van der Waals surface area contributed by atoms with Crippen molar-refractivity contribution in [2.24, 2.45) is 0 Å². The molecule has 10 heteroatoms. The lowest BCUT2D eigenvalue weighted by atomic mass is 10.4. The Morgan fingerprint density at radius 3 is 2.67 bits per heavy atom. The number of rotatable bonds is 9. The number of alkyl halides is 3. The van der Waals surface area contributed by atoms with Crippen molar-refractivity contribution in [2.75, 3.05) is 26.3 Å². The largest absolute Gasteiger partial charge is 0.411 e. The van der Waals surface area contributed by atoms with Crippen molar-refractivity contribution in [1.82, 2.24) is 10.0 Å². The van der Waals surface area contributed by atoms with Gasteiger partial charge in [0.25, 0.3) is 0 Å². The highest BCUT2D eigenvalue weighted by Gasteiger charge is 2.27. The van der Waals surface area contributed by atoms with Gasteiger partial charge in [0, 0.05) is 18.0 Å². The first-order valence-corrected chi connectivity index (χ1v) is 8.48. The molecule has 1 aromatic rings. The molecule has 0 aliphatic rings. The zero-order valence-electron chi connectivity index (χ0n) is 11.4. The molecule has 0 amide bonds. The van der Waals surface area contributed by atoms with Crippen LogP contribution < -0.4 is 10.0 Å². The molecule has 2 N–H and O–H groups in total. The van der Waals surface area contributed by atoms with Crippen molar-refractivity contribution < 1.29 is 26.3 Å². The molecule has 1 aromatic heterocycles. The van der Waals surface area contributed by atoms with Crippen LogP contribution in [0.2, 0.25) is 0 Å². The van der Waals surface area contributed by atoms with E-state index in [1.807, 2.05) is 6.92 Å². The van der Waals surface area contributed by atoms with Crippen molar-refractivity contribution in [3.05, 3.63) is 17.0 Å². The minimum atomic E-state index is -4.41. The van der Waals surface area contributed by atoms with Gasteiger partial charge < -0.3 is 10.1 Å². The van der Waals surface area contributed by atoms with Gasteiger partial charge in [-0.1, -0.05) is 6.92 Å². The first-order valence-electron chi connectivity index (χ1n) is 6.18. The van der Waals surface area contributed by atoms with Crippen molar-refractivity contribution >= 4 is 21.4 Å². The molecule has 0 aliphatic heterocycles. The standard InChI is InChI=1S/C11H17F3N2O3S2/c1-2-15-7-9-3-4-10(20-9)21(17,18)16-5-6-19-8-11(12,13)14/h3-4,15-16H,2,5-8H2,1H3. The van der Waals surface area contributed by atoms with Crippen LogP contribution in [0.4, 0.5) is 13.2 Å². The molecule has 0 aliphatic carbocycles. The molecule has 0 aromatic carbocycles. The maximum absolute atomic E-state index is 11.9. The van der Waals surface area contributed by atoms with Crippen LogP contribution >= 0.6 is 11.3 Å². The highest BCUT2D eigenvalue weighted by atomic mass is 32.2. The monoisotopic (exact) mass is 346 g/mol. The minimum Gasteiger partial charge on any atom is -0.371 e. The second-order valence-corrected chi connectivity index (χ2v) is 7.23. The van der Waals surface area contributed by atoms with Gasteiger partial charge in [0.15, 0.2) is 0 Å². The predicted molar refractivity (Wildman–Crippen MR) is 73.8 cm³/mol. The number of hydrogen-bond donors (Lipinski definition) is 2. The van der Waals surface area contributed by atoms with Crippen LogP contribution in [0.15, 0.2) is 16.3 Å². The second-order valence-electron chi connectivity index (χ2n) is 4.07. The third kappa shape index (κ3) is 7.23. The Morgan fingerprint density at radius 1 is 1.33 bits per heavy atom. The maximum Gasteiger partial charge on any atom is 0.411 e. The molecule has 0 saturated heterocycles. The Labute approximate surface area is 125 Å². The van der Waals surface area contributed by atoms with E-state index in [0.717, 1.165) is 22.8 Å². The lowest BCUT2D eigenvalue weighted by Gasteiger charge is -2.08. The van der Waals surface area contributed by atoms with E-state index in [1.54, 1.807) is 6.07 Å². The van der Waals surface area contributed by atoms with Gasteiger partial charge >= 0.3 is 6.18 Å². The highest BCUT2D eigenvalue weighted by Crippen LogP contribution is 2.21. The summed E-state index contributed by atoms with van der Waals surface area (Å²) < 4.78 is 65.9. The highest BCUT2D eigenvalue weighted by molar-refractivity contribution is 7.91. The molecule has 0 bridgehead atoms. The Hall–Kier alpha value is -0.680. The molecule has 1 rings (SSSR count). The fraction of sp³-hybridized carbons (Fsp3) is 0.636. The number of sulfonamides is 1. The number of nitrogens with one attached hydrogen (secondary N) is 2. The van der Waals surface area contributed by atoms with Crippen LogP contribution in [-0.2, 0) is 21.3 Å². The summed E-state index contributed by atoms with van der Waals surface area (Å²) in [6, 6.07) is 3.16. The van der Waals surface area contributed by atoms with E-state index in [9.17, 15) is 21.6 Å². The summed E-state index contributed by atoms with van der Waals surface area (Å²) in [6.07, 6.45) is -4.41. The van der Waals surface area contributed by atoms with Gasteiger partial charge in [-0.2, -0.15) is 13.2 Å². The smallest absolute Gasteiger partial charge is 0.371 e. The third-order valence-electron chi connectivity index (χ3n) is 2.26. The summed E-state index contributed by atoms with van der Waals surface area (Å²) in [5.41, 5.74) is 0. The molecule has 5 nitrogen and oxygen atoms in total. The van der Waals surface area contributed by atoms with Gasteiger partial charge in [0.05, 0.1) is 6.61 Å². The summed E-state index contributed by atoms with van der Waals surface area (Å²) in [5.74, 6) is 0. The van der Waals surface area contributed by atoms with Crippen LogP contribution in [0.25, 0.3) is 0 Å². The average molecular weight is 346 g/mol. The normalized spacial score (nSPS) is 12.8. The molecule has 0 radical (unpaired) electrons. The number of hydrogen-bond acceptors (Lipinski definition) is 5. The Balaban J connectivity index is 2.41. The van der Waals surface area contributed by atoms with Gasteiger partial charge in [-0.3, -0.25) is 0 Å². The topological polar surface area (TPSA) is 67.4 Å². The summed E-state index contributed by atoms with van der Waals surface area (Å²) in [6.45, 7) is 1.35. The third-order valence-corrected chi connectivity index (χ3v) is 5.29. The van der Waals surface area contributed by atoms with E-state index in [0.29, 0.717) is 6.54 Å². The molecule has 0 fully saturated rings. The molecule has 1 heterocycles. The van der Waals surface area contributed by atoms with Gasteiger partial charge in [0.2, 0.25) is 10.0 Å². The molecular formula is C11H17F3N2O3S2. The van der Waals surface area contributed by atoms with Crippen molar-refractivity contribution in [3.8, 4) is 0 Å². The molecule has 122 valence electrons. The van der Waals surface area contributed by atoms with E-state index in [4.69, 9.17) is 0 Å². The van der Waals surface area contributed by atoms with Crippen LogP contribution in [0, 0.1) is 0 Å². The van der Waals surface area contributed by atoms with E-state index in [2.05, 4.69) is 14.8 Å². The van der Waals surface area contributed by atoms with Crippen LogP contribution in [0.5, 0.6) is 0 Å². The number of halogens is 3. The predicted octanol–water partition coefficient (Wildman–Crippen LogP) is 1.71. The number of thiophene rings is 1. The van der Waals surface area contributed by atoms with Crippen LogP contribution in [-0.4, -0.2) is 40.9 Å². The van der Waals surface area contributed by atoms with Crippen LogP contribution in [0.1, 0.15) is 11.8 Å². The lowest BCUT2D eigenvalue weighted by molar-refractivity contribution is -0.173. The average Bonchev–Trinajstić information content (AvgIpc) is 2.84. The first kappa shape index (κ1) is 18.4. The van der Waals surface area contributed by atoms with E-state index in [-0.39, 0.29) is 17.4 Å². The lowest BCUT2D eigenvalue weighted by Crippen LogP contribution is -2.28. The SMILES string of the molecule is CCNCc1ccc(S(=O)(=O)NCCOCC(F)(F)F)s1. The molecular weight excluding hydrogens is 329 g/mol. The van der Waals surface area contributed by atoms with E-state index in [1.165, 1.54) is 6.07 Å². The minimum absolute atomic E-state index is 0.131. The van der Waals surface area contributed by atoms with Crippen molar-refractivity contribution in [3.63, 3.8) is 0 Å². The molecule has 21 heavy (non-hydrogen) atoms. The van der Waals surface area contributed by atoms with Gasteiger partial charge in [-0.25, -0.2) is 13.1 Å². The fourth-order valence-corrected chi connectivity index (χ4v) is 3.74. The van der Waals surface area contributed by atoms with Crippen molar-refractivity contribution in [2.45, 2.75) is 23.9 Å². The zero-order chi connectivity index (χ0) is 15.9. The van der Waals surface area contributed by atoms with Crippen LogP contribution in [0.3, 0.4) is 0 Å². The molecule has 0 saturated carbocycles. The molecule has 0 spiro atoms. The van der Waals surface area contributed by atoms with E-state index < -0.39 is 22.8 Å². The maximum atomic E-state index is 11.9. The van der Waals surface area contributed by atoms with Gasteiger partial charge in [-0.15, -0.1) is 11.3 Å².